The molecule has 7 aromatic carbocycles. The molecule has 0 bridgehead atoms. The van der Waals surface area contributed by atoms with Gasteiger partial charge in [-0.1, -0.05) is 133 Å². The molecule has 0 aliphatic heterocycles. The summed E-state index contributed by atoms with van der Waals surface area (Å²) in [5.41, 5.74) is 5.86. The van der Waals surface area contributed by atoms with Crippen LogP contribution in [0.25, 0.3) is 98.5 Å². The van der Waals surface area contributed by atoms with Crippen molar-refractivity contribution in [1.29, 1.82) is 0 Å². The highest BCUT2D eigenvalue weighted by Gasteiger charge is 2.17. The lowest BCUT2D eigenvalue weighted by Gasteiger charge is -2.10. The highest BCUT2D eigenvalue weighted by molar-refractivity contribution is 7.26. The van der Waals surface area contributed by atoms with Gasteiger partial charge >= 0.3 is 0 Å². The third-order valence-corrected chi connectivity index (χ3v) is 9.97. The summed E-state index contributed by atoms with van der Waals surface area (Å²) in [5.74, 6) is 0.778. The number of para-hydroxylation sites is 1. The van der Waals surface area contributed by atoms with E-state index in [2.05, 4.69) is 0 Å². The number of hydrogen-bond acceptors (Lipinski definition) is 5. The minimum absolute atomic E-state index is 0.0584. The van der Waals surface area contributed by atoms with Crippen molar-refractivity contribution in [3.63, 3.8) is 0 Å². The second kappa shape index (κ2) is 11.6. The Morgan fingerprint density at radius 3 is 1.98 bits per heavy atom. The second-order valence-corrected chi connectivity index (χ2v) is 13.0. The molecular weight excluding hydrogens is 631 g/mol. The monoisotopic (exact) mass is 663 g/mol. The van der Waals surface area contributed by atoms with Crippen molar-refractivity contribution in [2.75, 3.05) is 0 Å². The number of hydrogen-bond donors (Lipinski definition) is 0. The molecule has 234 valence electrons. The van der Waals surface area contributed by atoms with Crippen LogP contribution in [0, 0.1) is 0 Å². The summed E-state index contributed by atoms with van der Waals surface area (Å²) in [6, 6.07) is 39.4. The van der Waals surface area contributed by atoms with Crippen LogP contribution in [0.15, 0.2) is 168 Å². The van der Waals surface area contributed by atoms with Crippen molar-refractivity contribution in [3.8, 4) is 56.4 Å². The van der Waals surface area contributed by atoms with Gasteiger partial charge in [-0.3, -0.25) is 0 Å². The fourth-order valence-electron chi connectivity index (χ4n) is 6.41. The lowest BCUT2D eigenvalue weighted by Crippen LogP contribution is -2.00. The van der Waals surface area contributed by atoms with E-state index < -0.39 is 0 Å². The topological polar surface area (TPSA) is 51.8 Å². The summed E-state index contributed by atoms with van der Waals surface area (Å²) in [5, 5.41) is 2.36. The van der Waals surface area contributed by atoms with Gasteiger partial charge in [0.2, 0.25) is 0 Å². The summed E-state index contributed by atoms with van der Waals surface area (Å²) >= 11 is 1.17. The van der Waals surface area contributed by atoms with Crippen LogP contribution >= 0.6 is 11.3 Å². The summed E-state index contributed by atoms with van der Waals surface area (Å²) in [6.07, 6.45) is 0. The molecule has 0 radical (unpaired) electrons. The van der Waals surface area contributed by atoms with Crippen molar-refractivity contribution >= 4 is 53.4 Å². The van der Waals surface area contributed by atoms with E-state index in [9.17, 15) is 4.11 Å². The molecule has 5 heteroatoms. The van der Waals surface area contributed by atoms with Gasteiger partial charge in [-0.05, 0) is 52.6 Å². The number of aromatic nitrogens is 3. The molecule has 0 aliphatic rings. The largest absolute Gasteiger partial charge is 0.456 e. The first kappa shape index (κ1) is 23.0. The van der Waals surface area contributed by atoms with Gasteiger partial charge < -0.3 is 4.42 Å². The Bertz CT molecular complexity index is 3220. The molecule has 3 heterocycles. The lowest BCUT2D eigenvalue weighted by molar-refractivity contribution is 0.669. The van der Waals surface area contributed by atoms with Gasteiger partial charge in [0.05, 0.1) is 8.22 Å². The molecule has 0 saturated heterocycles. The molecule has 0 fully saturated rings. The fourth-order valence-corrected chi connectivity index (χ4v) is 7.55. The normalized spacial score (nSPS) is 13.3. The van der Waals surface area contributed by atoms with E-state index in [-0.39, 0.29) is 58.4 Å². The summed E-state index contributed by atoms with van der Waals surface area (Å²) < 4.78 is 62.2. The SMILES string of the molecule is [2H]c1c([2H])c([2H])c2c(sc3c([2H])c(-c4nc(-c5ccccc5)nc(-c5cccc(-c6ccccc6)c5)n4)c([2H])c([2H])c32)c1-c1ccc2c(c1)oc1ccccc12. The van der Waals surface area contributed by atoms with Crippen LogP contribution in [0.3, 0.4) is 0 Å². The zero-order chi connectivity index (χ0) is 38.2. The molecule has 0 amide bonds. The second-order valence-electron chi connectivity index (χ2n) is 11.9. The first-order chi connectivity index (χ1) is 27.3. The number of fused-ring (bicyclic) bond motifs is 6. The Hall–Kier alpha value is -6.43. The van der Waals surface area contributed by atoms with E-state index in [1.807, 2.05) is 127 Å². The van der Waals surface area contributed by atoms with Crippen LogP contribution in [-0.4, -0.2) is 15.0 Å². The van der Waals surface area contributed by atoms with Gasteiger partial charge in [0, 0.05) is 47.6 Å². The Balaban J connectivity index is 1.21. The number of benzene rings is 7. The van der Waals surface area contributed by atoms with E-state index in [4.69, 9.17) is 23.5 Å². The standard InChI is InChI=1S/C45H27N3OS/c1-3-11-28(12-4-1)30-15-9-16-32(25-30)44-46-43(29-13-5-2-6-14-29)47-45(48-44)33-22-24-37-38-19-10-18-34(42(38)50-41(37)27-33)31-21-23-36-35-17-7-8-20-39(35)49-40(36)26-31/h1-27H/i10D,18D,19D,22D,24D,27D. The average molecular weight is 664 g/mol. The number of nitrogens with zero attached hydrogens (tertiary/aromatic N) is 3. The third-order valence-electron chi connectivity index (χ3n) is 8.85. The highest BCUT2D eigenvalue weighted by Crippen LogP contribution is 2.42. The molecule has 0 atom stereocenters. The maximum Gasteiger partial charge on any atom is 0.164 e. The zero-order valence-corrected chi connectivity index (χ0v) is 27.1. The Morgan fingerprint density at radius 1 is 0.460 bits per heavy atom. The molecule has 3 aromatic heterocycles. The molecular formula is C45H27N3OS. The van der Waals surface area contributed by atoms with Crippen molar-refractivity contribution in [2.24, 2.45) is 0 Å². The van der Waals surface area contributed by atoms with Gasteiger partial charge in [-0.2, -0.15) is 0 Å². The number of thiophene rings is 1. The molecule has 10 rings (SSSR count). The summed E-state index contributed by atoms with van der Waals surface area (Å²) in [6.45, 7) is 0. The van der Waals surface area contributed by atoms with E-state index in [1.165, 1.54) is 11.3 Å². The van der Waals surface area contributed by atoms with Gasteiger partial charge in [-0.25, -0.2) is 15.0 Å². The van der Waals surface area contributed by atoms with Crippen LogP contribution in [0.1, 0.15) is 8.22 Å². The average Bonchev–Trinajstić information content (AvgIpc) is 3.82. The van der Waals surface area contributed by atoms with Crippen molar-refractivity contribution in [1.82, 2.24) is 15.0 Å². The van der Waals surface area contributed by atoms with Gasteiger partial charge in [-0.15, -0.1) is 11.3 Å². The van der Waals surface area contributed by atoms with Crippen LogP contribution in [0.4, 0.5) is 0 Å². The Morgan fingerprint density at radius 2 is 1.14 bits per heavy atom. The van der Waals surface area contributed by atoms with Gasteiger partial charge in [0.15, 0.2) is 17.5 Å². The quantitative estimate of drug-likeness (QED) is 0.184. The minimum Gasteiger partial charge on any atom is -0.456 e. The minimum atomic E-state index is -0.300. The lowest BCUT2D eigenvalue weighted by atomic mass is 10.0. The number of furan rings is 1. The molecule has 0 spiro atoms. The summed E-state index contributed by atoms with van der Waals surface area (Å²) in [7, 11) is 0. The molecule has 10 aromatic rings. The highest BCUT2D eigenvalue weighted by atomic mass is 32.1. The molecule has 0 saturated carbocycles. The van der Waals surface area contributed by atoms with E-state index in [1.54, 1.807) is 0 Å². The third kappa shape index (κ3) is 4.87. The van der Waals surface area contributed by atoms with E-state index in [0.717, 1.165) is 38.6 Å². The van der Waals surface area contributed by atoms with Crippen molar-refractivity contribution in [3.05, 3.63) is 164 Å². The molecule has 4 nitrogen and oxygen atoms in total. The van der Waals surface area contributed by atoms with Gasteiger partial charge in [0.1, 0.15) is 11.2 Å². The number of rotatable bonds is 5. The fraction of sp³-hybridized carbons (Fsp3) is 0. The first-order valence-electron chi connectivity index (χ1n) is 19.1. The van der Waals surface area contributed by atoms with Crippen LogP contribution in [0.5, 0.6) is 0 Å². The Kier molecular flexibility index (Phi) is 5.35. The Labute approximate surface area is 300 Å². The van der Waals surface area contributed by atoms with Crippen molar-refractivity contribution < 1.29 is 12.6 Å². The van der Waals surface area contributed by atoms with Crippen LogP contribution < -0.4 is 0 Å². The molecule has 0 unspecified atom stereocenters. The van der Waals surface area contributed by atoms with Crippen molar-refractivity contribution in [2.45, 2.75) is 0 Å². The van der Waals surface area contributed by atoms with Crippen LogP contribution in [0.2, 0.25) is 0 Å². The van der Waals surface area contributed by atoms with Crippen LogP contribution in [-0.2, 0) is 0 Å². The van der Waals surface area contributed by atoms with Gasteiger partial charge in [0.25, 0.3) is 0 Å². The molecule has 0 N–H and O–H groups in total. The zero-order valence-electron chi connectivity index (χ0n) is 32.3. The maximum absolute atomic E-state index is 9.60. The van der Waals surface area contributed by atoms with E-state index in [0.29, 0.717) is 37.8 Å². The van der Waals surface area contributed by atoms with E-state index >= 15 is 0 Å². The molecule has 50 heavy (non-hydrogen) atoms. The molecule has 0 aliphatic carbocycles. The predicted octanol–water partition coefficient (Wildman–Crippen LogP) is 12.5. The predicted molar refractivity (Wildman–Crippen MR) is 207 cm³/mol. The maximum atomic E-state index is 9.60. The first-order valence-corrected chi connectivity index (χ1v) is 16.9. The smallest absolute Gasteiger partial charge is 0.164 e. The summed E-state index contributed by atoms with van der Waals surface area (Å²) in [4.78, 5) is 14.5.